The lowest BCUT2D eigenvalue weighted by Crippen LogP contribution is -2.10. The predicted molar refractivity (Wildman–Crippen MR) is 96.4 cm³/mol. The van der Waals surface area contributed by atoms with Crippen LogP contribution in [0, 0.1) is 6.92 Å². The predicted octanol–water partition coefficient (Wildman–Crippen LogP) is 5.99. The topological polar surface area (TPSA) is 29.1 Å². The van der Waals surface area contributed by atoms with Gasteiger partial charge in [0.2, 0.25) is 0 Å². The van der Waals surface area contributed by atoms with Gasteiger partial charge < -0.3 is 5.32 Å². The van der Waals surface area contributed by atoms with Crippen LogP contribution in [0.5, 0.6) is 0 Å². The van der Waals surface area contributed by atoms with E-state index in [-0.39, 0.29) is 5.91 Å². The van der Waals surface area contributed by atoms with Gasteiger partial charge in [-0.15, -0.1) is 11.3 Å². The number of carbonyl (C=O) groups is 1. The number of halogens is 2. The summed E-state index contributed by atoms with van der Waals surface area (Å²) in [6, 6.07) is 13.7. The normalized spacial score (nSPS) is 10.8. The van der Waals surface area contributed by atoms with E-state index in [9.17, 15) is 4.79 Å². The maximum Gasteiger partial charge on any atom is 0.265 e. The van der Waals surface area contributed by atoms with Crippen molar-refractivity contribution in [3.63, 3.8) is 0 Å². The smallest absolute Gasteiger partial charge is 0.265 e. The van der Waals surface area contributed by atoms with Gasteiger partial charge in [-0.25, -0.2) is 0 Å². The standard InChI is InChI=1S/C16H11Br2NOS/c1-9-8-14(21-15(9)18)16(20)19-13-7-6-12(17)10-4-2-3-5-11(10)13/h2-8H,1H3,(H,19,20). The van der Waals surface area contributed by atoms with E-state index in [0.29, 0.717) is 4.88 Å². The van der Waals surface area contributed by atoms with E-state index in [1.54, 1.807) is 0 Å². The summed E-state index contributed by atoms with van der Waals surface area (Å²) in [5, 5.41) is 5.10. The van der Waals surface area contributed by atoms with E-state index < -0.39 is 0 Å². The molecule has 3 aromatic rings. The van der Waals surface area contributed by atoms with Crippen molar-refractivity contribution >= 4 is 65.6 Å². The van der Waals surface area contributed by atoms with Crippen molar-refractivity contribution in [2.75, 3.05) is 5.32 Å². The Bertz CT molecular complexity index is 822. The molecule has 2 aromatic carbocycles. The number of anilines is 1. The maximum absolute atomic E-state index is 12.4. The third kappa shape index (κ3) is 2.91. The third-order valence-electron chi connectivity index (χ3n) is 3.20. The molecule has 0 atom stereocenters. The lowest BCUT2D eigenvalue weighted by atomic mass is 10.1. The summed E-state index contributed by atoms with van der Waals surface area (Å²) >= 11 is 8.44. The Labute approximate surface area is 143 Å². The minimum Gasteiger partial charge on any atom is -0.321 e. The highest BCUT2D eigenvalue weighted by Gasteiger charge is 2.13. The van der Waals surface area contributed by atoms with Crippen LogP contribution >= 0.6 is 43.2 Å². The van der Waals surface area contributed by atoms with Crippen molar-refractivity contribution in [1.29, 1.82) is 0 Å². The summed E-state index contributed by atoms with van der Waals surface area (Å²) in [5.41, 5.74) is 1.90. The van der Waals surface area contributed by atoms with E-state index in [2.05, 4.69) is 37.2 Å². The van der Waals surface area contributed by atoms with Crippen molar-refractivity contribution < 1.29 is 4.79 Å². The second kappa shape index (κ2) is 5.91. The lowest BCUT2D eigenvalue weighted by molar-refractivity contribution is 0.103. The summed E-state index contributed by atoms with van der Waals surface area (Å²) in [5.74, 6) is -0.0822. The molecule has 1 N–H and O–H groups in total. The number of amides is 1. The largest absolute Gasteiger partial charge is 0.321 e. The number of thiophene rings is 1. The number of fused-ring (bicyclic) bond motifs is 1. The van der Waals surface area contributed by atoms with E-state index in [0.717, 1.165) is 30.3 Å². The van der Waals surface area contributed by atoms with Crippen molar-refractivity contribution in [3.8, 4) is 0 Å². The average Bonchev–Trinajstić information content (AvgIpc) is 2.82. The van der Waals surface area contributed by atoms with Gasteiger partial charge in [0.05, 0.1) is 8.66 Å². The minimum atomic E-state index is -0.0822. The van der Waals surface area contributed by atoms with Gasteiger partial charge in [0.15, 0.2) is 0 Å². The van der Waals surface area contributed by atoms with Crippen LogP contribution in [-0.4, -0.2) is 5.91 Å². The molecule has 0 aliphatic rings. The lowest BCUT2D eigenvalue weighted by Gasteiger charge is -2.09. The van der Waals surface area contributed by atoms with Gasteiger partial charge >= 0.3 is 0 Å². The van der Waals surface area contributed by atoms with Crippen molar-refractivity contribution in [2.45, 2.75) is 6.92 Å². The highest BCUT2D eigenvalue weighted by atomic mass is 79.9. The van der Waals surface area contributed by atoms with Crippen LogP contribution in [0.1, 0.15) is 15.2 Å². The average molecular weight is 425 g/mol. The fraction of sp³-hybridized carbons (Fsp3) is 0.0625. The Kier molecular flexibility index (Phi) is 4.15. The minimum absolute atomic E-state index is 0.0822. The van der Waals surface area contributed by atoms with E-state index in [4.69, 9.17) is 0 Å². The summed E-state index contributed by atoms with van der Waals surface area (Å²) in [4.78, 5) is 13.1. The highest BCUT2D eigenvalue weighted by Crippen LogP contribution is 2.32. The molecule has 106 valence electrons. The molecule has 0 saturated heterocycles. The van der Waals surface area contributed by atoms with Gasteiger partial charge in [-0.3, -0.25) is 4.79 Å². The number of aryl methyl sites for hydroxylation is 1. The molecule has 0 radical (unpaired) electrons. The number of nitrogens with one attached hydrogen (secondary N) is 1. The molecule has 21 heavy (non-hydrogen) atoms. The summed E-state index contributed by atoms with van der Waals surface area (Å²) in [6.45, 7) is 1.98. The fourth-order valence-electron chi connectivity index (χ4n) is 2.13. The van der Waals surface area contributed by atoms with Crippen LogP contribution in [-0.2, 0) is 0 Å². The molecule has 0 bridgehead atoms. The van der Waals surface area contributed by atoms with Crippen LogP contribution in [0.15, 0.2) is 50.7 Å². The van der Waals surface area contributed by atoms with Crippen molar-refractivity contribution in [1.82, 2.24) is 0 Å². The van der Waals surface area contributed by atoms with Crippen LogP contribution in [0.25, 0.3) is 10.8 Å². The van der Waals surface area contributed by atoms with Gasteiger partial charge in [-0.2, -0.15) is 0 Å². The number of hydrogen-bond acceptors (Lipinski definition) is 2. The molecular weight excluding hydrogens is 414 g/mol. The van der Waals surface area contributed by atoms with Gasteiger partial charge in [0.1, 0.15) is 0 Å². The molecule has 5 heteroatoms. The van der Waals surface area contributed by atoms with Gasteiger partial charge in [0.25, 0.3) is 5.91 Å². The monoisotopic (exact) mass is 423 g/mol. The summed E-state index contributed by atoms with van der Waals surface area (Å²) < 4.78 is 2.01. The maximum atomic E-state index is 12.4. The SMILES string of the molecule is Cc1cc(C(=O)Nc2ccc(Br)c3ccccc23)sc1Br. The number of carbonyl (C=O) groups excluding carboxylic acids is 1. The summed E-state index contributed by atoms with van der Waals surface area (Å²) in [7, 11) is 0. The first-order valence-electron chi connectivity index (χ1n) is 6.31. The van der Waals surface area contributed by atoms with E-state index in [1.165, 1.54) is 11.3 Å². The van der Waals surface area contributed by atoms with E-state index >= 15 is 0 Å². The molecule has 0 unspecified atom stereocenters. The second-order valence-corrected chi connectivity index (χ2v) is 7.89. The van der Waals surface area contributed by atoms with Gasteiger partial charge in [-0.05, 0) is 52.0 Å². The zero-order valence-electron chi connectivity index (χ0n) is 11.1. The van der Waals surface area contributed by atoms with Crippen LogP contribution < -0.4 is 5.32 Å². The van der Waals surface area contributed by atoms with Crippen LogP contribution in [0.3, 0.4) is 0 Å². The zero-order chi connectivity index (χ0) is 15.0. The molecule has 0 spiro atoms. The first-order valence-corrected chi connectivity index (χ1v) is 8.71. The Hall–Kier alpha value is -1.17. The van der Waals surface area contributed by atoms with Crippen LogP contribution in [0.2, 0.25) is 0 Å². The van der Waals surface area contributed by atoms with Gasteiger partial charge in [0, 0.05) is 15.5 Å². The Balaban J connectivity index is 1.98. The molecule has 1 amide bonds. The highest BCUT2D eigenvalue weighted by molar-refractivity contribution is 9.11. The summed E-state index contributed by atoms with van der Waals surface area (Å²) in [6.07, 6.45) is 0. The number of hydrogen-bond donors (Lipinski definition) is 1. The Morgan fingerprint density at radius 2 is 1.81 bits per heavy atom. The van der Waals surface area contributed by atoms with Crippen LogP contribution in [0.4, 0.5) is 5.69 Å². The van der Waals surface area contributed by atoms with Crippen molar-refractivity contribution in [2.24, 2.45) is 0 Å². The third-order valence-corrected chi connectivity index (χ3v) is 6.03. The Morgan fingerprint density at radius 3 is 2.48 bits per heavy atom. The molecule has 0 fully saturated rings. The first-order chi connectivity index (χ1) is 10.1. The fourth-order valence-corrected chi connectivity index (χ4v) is 4.03. The quantitative estimate of drug-likeness (QED) is 0.537. The molecule has 1 heterocycles. The molecule has 0 saturated carbocycles. The van der Waals surface area contributed by atoms with Crippen molar-refractivity contribution in [3.05, 3.63) is 61.2 Å². The molecule has 0 aliphatic heterocycles. The molecule has 3 rings (SSSR count). The van der Waals surface area contributed by atoms with E-state index in [1.807, 2.05) is 49.4 Å². The zero-order valence-corrected chi connectivity index (χ0v) is 15.1. The Morgan fingerprint density at radius 1 is 1.10 bits per heavy atom. The molecule has 0 aliphatic carbocycles. The number of rotatable bonds is 2. The molecular formula is C16H11Br2NOS. The molecule has 1 aromatic heterocycles. The first kappa shape index (κ1) is 14.8. The van der Waals surface area contributed by atoms with Gasteiger partial charge in [-0.1, -0.05) is 40.2 Å². The number of benzene rings is 2. The second-order valence-electron chi connectivity index (χ2n) is 4.66. The molecule has 2 nitrogen and oxygen atoms in total.